The zero-order valence-corrected chi connectivity index (χ0v) is 14.4. The van der Waals surface area contributed by atoms with Gasteiger partial charge in [-0.3, -0.25) is 9.59 Å². The van der Waals surface area contributed by atoms with E-state index in [9.17, 15) is 9.59 Å². The summed E-state index contributed by atoms with van der Waals surface area (Å²) in [7, 11) is 0. The molecule has 2 aromatic carbocycles. The molecule has 25 heavy (non-hydrogen) atoms. The quantitative estimate of drug-likeness (QED) is 0.788. The maximum Gasteiger partial charge on any atom is 0.267 e. The number of hydrogen-bond donors (Lipinski definition) is 1. The van der Waals surface area contributed by atoms with Gasteiger partial charge < -0.3 is 5.32 Å². The maximum absolute atomic E-state index is 12.4. The fraction of sp³-hybridized carbons (Fsp3) is 0.211. The highest BCUT2D eigenvalue weighted by Gasteiger charge is 2.15. The van der Waals surface area contributed by atoms with E-state index in [1.54, 1.807) is 17.8 Å². The summed E-state index contributed by atoms with van der Waals surface area (Å²) in [6.45, 7) is -0.0809. The number of benzene rings is 2. The molecule has 0 radical (unpaired) electrons. The molecule has 0 aliphatic carbocycles. The molecule has 2 heterocycles. The topological polar surface area (TPSA) is 64.0 Å². The van der Waals surface area contributed by atoms with E-state index >= 15 is 0 Å². The fourth-order valence-electron chi connectivity index (χ4n) is 3.03. The standard InChI is InChI=1S/C19H17N3O2S/c23-18(20-17-7-3-5-13-4-1-2-6-15(13)17)11-22-19(24)10-14-12-25-9-8-16(14)21-22/h1-7,10H,8-9,11-12H2,(H,20,23). The summed E-state index contributed by atoms with van der Waals surface area (Å²) in [5.74, 6) is 1.57. The first kappa shape index (κ1) is 15.9. The van der Waals surface area contributed by atoms with Crippen molar-refractivity contribution in [2.75, 3.05) is 11.1 Å². The van der Waals surface area contributed by atoms with Crippen molar-refractivity contribution in [3.63, 3.8) is 0 Å². The van der Waals surface area contributed by atoms with E-state index in [0.717, 1.165) is 45.6 Å². The van der Waals surface area contributed by atoms with E-state index in [4.69, 9.17) is 0 Å². The molecule has 3 aromatic rings. The lowest BCUT2D eigenvalue weighted by Crippen LogP contribution is -2.31. The number of nitrogens with zero attached hydrogens (tertiary/aromatic N) is 2. The molecule has 1 aromatic heterocycles. The van der Waals surface area contributed by atoms with Crippen molar-refractivity contribution in [3.8, 4) is 0 Å². The molecule has 0 atom stereocenters. The second-order valence-corrected chi connectivity index (χ2v) is 7.09. The van der Waals surface area contributed by atoms with E-state index in [0.29, 0.717) is 0 Å². The molecular weight excluding hydrogens is 334 g/mol. The van der Waals surface area contributed by atoms with Crippen LogP contribution in [0.1, 0.15) is 11.3 Å². The Bertz CT molecular complexity index is 1010. The lowest BCUT2D eigenvalue weighted by molar-refractivity contribution is -0.117. The Morgan fingerprint density at radius 2 is 2.04 bits per heavy atom. The van der Waals surface area contributed by atoms with Gasteiger partial charge in [-0.25, -0.2) is 4.68 Å². The van der Waals surface area contributed by atoms with Crippen LogP contribution >= 0.6 is 11.8 Å². The molecule has 4 rings (SSSR count). The summed E-state index contributed by atoms with van der Waals surface area (Å²) in [6, 6.07) is 15.2. The second-order valence-electron chi connectivity index (χ2n) is 5.99. The zero-order valence-electron chi connectivity index (χ0n) is 13.6. The largest absolute Gasteiger partial charge is 0.324 e. The Morgan fingerprint density at radius 3 is 2.96 bits per heavy atom. The summed E-state index contributed by atoms with van der Waals surface area (Å²) < 4.78 is 1.26. The van der Waals surface area contributed by atoms with Crippen molar-refractivity contribution in [1.29, 1.82) is 0 Å². The molecule has 1 aliphatic heterocycles. The molecule has 0 saturated carbocycles. The molecule has 0 unspecified atom stereocenters. The molecule has 0 spiro atoms. The van der Waals surface area contributed by atoms with Crippen LogP contribution in [0.4, 0.5) is 5.69 Å². The molecule has 0 bridgehead atoms. The van der Waals surface area contributed by atoms with Gasteiger partial charge in [0, 0.05) is 29.3 Å². The number of aromatic nitrogens is 2. The molecule has 1 amide bonds. The van der Waals surface area contributed by atoms with Gasteiger partial charge in [0.05, 0.1) is 5.69 Å². The third-order valence-electron chi connectivity index (χ3n) is 4.26. The van der Waals surface area contributed by atoms with Gasteiger partial charge in [0.25, 0.3) is 5.56 Å². The number of thioether (sulfide) groups is 1. The molecule has 5 nitrogen and oxygen atoms in total. The first-order chi connectivity index (χ1) is 12.2. The summed E-state index contributed by atoms with van der Waals surface area (Å²) in [6.07, 6.45) is 0.839. The zero-order chi connectivity index (χ0) is 17.2. The number of rotatable bonds is 3. The van der Waals surface area contributed by atoms with Gasteiger partial charge in [-0.1, -0.05) is 36.4 Å². The maximum atomic E-state index is 12.4. The minimum atomic E-state index is -0.254. The number of carbonyl (C=O) groups is 1. The number of nitrogens with one attached hydrogen (secondary N) is 1. The van der Waals surface area contributed by atoms with Crippen molar-refractivity contribution < 1.29 is 4.79 Å². The van der Waals surface area contributed by atoms with E-state index in [-0.39, 0.29) is 18.0 Å². The monoisotopic (exact) mass is 351 g/mol. The molecule has 0 saturated heterocycles. The number of carbonyl (C=O) groups excluding carboxylic acids is 1. The van der Waals surface area contributed by atoms with Gasteiger partial charge in [0.1, 0.15) is 6.54 Å². The van der Waals surface area contributed by atoms with Crippen molar-refractivity contribution in [2.24, 2.45) is 0 Å². The van der Waals surface area contributed by atoms with Crippen LogP contribution in [0.15, 0.2) is 53.3 Å². The van der Waals surface area contributed by atoms with Crippen LogP contribution < -0.4 is 10.9 Å². The summed E-state index contributed by atoms with van der Waals surface area (Å²) in [5.41, 5.74) is 2.43. The number of aryl methyl sites for hydroxylation is 1. The van der Waals surface area contributed by atoms with Crippen molar-refractivity contribution in [3.05, 3.63) is 70.1 Å². The minimum Gasteiger partial charge on any atom is -0.324 e. The Hall–Kier alpha value is -2.60. The van der Waals surface area contributed by atoms with Gasteiger partial charge in [-0.2, -0.15) is 16.9 Å². The summed E-state index contributed by atoms with van der Waals surface area (Å²) in [5, 5.41) is 9.32. The molecule has 1 N–H and O–H groups in total. The number of hydrogen-bond acceptors (Lipinski definition) is 4. The second kappa shape index (κ2) is 6.72. The fourth-order valence-corrected chi connectivity index (χ4v) is 3.98. The Labute approximate surface area is 149 Å². The normalized spacial score (nSPS) is 13.4. The lowest BCUT2D eigenvalue weighted by atomic mass is 10.1. The van der Waals surface area contributed by atoms with Crippen LogP contribution in [-0.4, -0.2) is 21.4 Å². The molecule has 126 valence electrons. The number of fused-ring (bicyclic) bond motifs is 2. The van der Waals surface area contributed by atoms with Crippen LogP contribution in [0.3, 0.4) is 0 Å². The number of anilines is 1. The Morgan fingerprint density at radius 1 is 1.20 bits per heavy atom. The smallest absolute Gasteiger partial charge is 0.267 e. The van der Waals surface area contributed by atoms with Crippen molar-refractivity contribution in [1.82, 2.24) is 9.78 Å². The Balaban J connectivity index is 1.57. The first-order valence-corrected chi connectivity index (χ1v) is 9.31. The van der Waals surface area contributed by atoms with Crippen LogP contribution in [0.2, 0.25) is 0 Å². The SMILES string of the molecule is O=C(Cn1nc2c(cc1=O)CSCC2)Nc1cccc2ccccc12. The first-order valence-electron chi connectivity index (χ1n) is 8.16. The predicted molar refractivity (Wildman–Crippen MR) is 101 cm³/mol. The molecule has 6 heteroatoms. The average molecular weight is 351 g/mol. The highest BCUT2D eigenvalue weighted by molar-refractivity contribution is 7.98. The molecule has 1 aliphatic rings. The van der Waals surface area contributed by atoms with Crippen molar-refractivity contribution >= 4 is 34.1 Å². The molecule has 0 fully saturated rings. The Kier molecular flexibility index (Phi) is 4.28. The highest BCUT2D eigenvalue weighted by Crippen LogP contribution is 2.23. The van der Waals surface area contributed by atoms with Gasteiger partial charge in [-0.15, -0.1) is 0 Å². The van der Waals surface area contributed by atoms with Crippen LogP contribution in [0.5, 0.6) is 0 Å². The van der Waals surface area contributed by atoms with E-state index < -0.39 is 0 Å². The third-order valence-corrected chi connectivity index (χ3v) is 5.27. The highest BCUT2D eigenvalue weighted by atomic mass is 32.2. The summed E-state index contributed by atoms with van der Waals surface area (Å²) >= 11 is 1.80. The van der Waals surface area contributed by atoms with E-state index in [2.05, 4.69) is 10.4 Å². The van der Waals surface area contributed by atoms with Crippen LogP contribution in [0.25, 0.3) is 10.8 Å². The van der Waals surface area contributed by atoms with Gasteiger partial charge in [0.2, 0.25) is 5.91 Å². The molecular formula is C19H17N3O2S. The number of amides is 1. The lowest BCUT2D eigenvalue weighted by Gasteiger charge is -2.15. The summed E-state index contributed by atoms with van der Waals surface area (Å²) in [4.78, 5) is 24.6. The third kappa shape index (κ3) is 3.30. The van der Waals surface area contributed by atoms with Crippen LogP contribution in [0, 0.1) is 0 Å². The average Bonchev–Trinajstić information content (AvgIpc) is 2.63. The predicted octanol–water partition coefficient (Wildman–Crippen LogP) is 2.82. The van der Waals surface area contributed by atoms with Crippen LogP contribution in [-0.2, 0) is 23.5 Å². The van der Waals surface area contributed by atoms with Gasteiger partial charge >= 0.3 is 0 Å². The van der Waals surface area contributed by atoms with Gasteiger partial charge in [-0.05, 0) is 22.8 Å². The van der Waals surface area contributed by atoms with E-state index in [1.165, 1.54) is 4.68 Å². The van der Waals surface area contributed by atoms with Crippen molar-refractivity contribution in [2.45, 2.75) is 18.7 Å². The minimum absolute atomic E-state index is 0.0809. The van der Waals surface area contributed by atoms with Gasteiger partial charge in [0.15, 0.2) is 0 Å². The van der Waals surface area contributed by atoms with E-state index in [1.807, 2.05) is 42.5 Å².